The zero-order chi connectivity index (χ0) is 15.6. The van der Waals surface area contributed by atoms with E-state index in [1.807, 2.05) is 0 Å². The lowest BCUT2D eigenvalue weighted by molar-refractivity contribution is -0.0702. The Morgan fingerprint density at radius 2 is 2.00 bits per heavy atom. The van der Waals surface area contributed by atoms with Gasteiger partial charge in [0.2, 0.25) is 12.5 Å². The van der Waals surface area contributed by atoms with E-state index < -0.39 is 23.9 Å². The summed E-state index contributed by atoms with van der Waals surface area (Å²) in [4.78, 5) is 14.7. The van der Waals surface area contributed by atoms with Crippen LogP contribution >= 0.6 is 0 Å². The minimum Gasteiger partial charge on any atom is -0.504 e. The summed E-state index contributed by atoms with van der Waals surface area (Å²) in [5, 5.41) is 40.3. The normalized spacial score (nSPS) is 26.2. The number of aliphatic hydroxyl groups excluding tert-OH is 3. The molecule has 0 unspecified atom stereocenters. The summed E-state index contributed by atoms with van der Waals surface area (Å²) in [6.07, 6.45) is -3.95. The summed E-state index contributed by atoms with van der Waals surface area (Å²) in [6.45, 7) is -0.0662. The van der Waals surface area contributed by atoms with Gasteiger partial charge in [-0.15, -0.1) is 0 Å². The summed E-state index contributed by atoms with van der Waals surface area (Å²) in [5.74, 6) is 0.0342. The molecule has 2 aromatic rings. The molecular formula is C14H13NO7. The van der Waals surface area contributed by atoms with Crippen LogP contribution in [0, 0.1) is 0 Å². The highest BCUT2D eigenvalue weighted by molar-refractivity contribution is 5.95. The third-order valence-corrected chi connectivity index (χ3v) is 4.19. The molecule has 0 saturated carbocycles. The number of hydrogen-bond acceptors (Lipinski definition) is 7. The molecule has 2 heterocycles. The maximum absolute atomic E-state index is 12.2. The van der Waals surface area contributed by atoms with Gasteiger partial charge in [-0.05, 0) is 11.6 Å². The standard InChI is InChI=1S/C14H13NO7/c16-6-1-5-4-2-7-13(22-3-21-7)11(18)8(4)14(20)15-9(5)12(19)10(6)17/h2,6,10,12,16-19H,1,3H2,(H,15,20)/t6-,10+,12-/m0/s1. The van der Waals surface area contributed by atoms with Crippen molar-refractivity contribution >= 4 is 10.8 Å². The lowest BCUT2D eigenvalue weighted by atomic mass is 9.86. The van der Waals surface area contributed by atoms with Crippen molar-refractivity contribution in [3.63, 3.8) is 0 Å². The maximum Gasteiger partial charge on any atom is 0.260 e. The minimum absolute atomic E-state index is 0.00112. The van der Waals surface area contributed by atoms with Crippen LogP contribution in [0.4, 0.5) is 0 Å². The monoisotopic (exact) mass is 307 g/mol. The van der Waals surface area contributed by atoms with E-state index in [1.165, 1.54) is 6.07 Å². The van der Waals surface area contributed by atoms with Gasteiger partial charge in [0.15, 0.2) is 11.5 Å². The second-order valence-corrected chi connectivity index (χ2v) is 5.43. The fourth-order valence-corrected chi connectivity index (χ4v) is 3.08. The fraction of sp³-hybridized carbons (Fsp3) is 0.357. The van der Waals surface area contributed by atoms with Crippen LogP contribution in [0.15, 0.2) is 10.9 Å². The molecule has 1 aromatic carbocycles. The van der Waals surface area contributed by atoms with Crippen LogP contribution in [0.1, 0.15) is 17.4 Å². The first-order chi connectivity index (χ1) is 10.5. The summed E-state index contributed by atoms with van der Waals surface area (Å²) >= 11 is 0. The van der Waals surface area contributed by atoms with Crippen molar-refractivity contribution in [2.45, 2.75) is 24.7 Å². The van der Waals surface area contributed by atoms with Crippen LogP contribution in [0.5, 0.6) is 17.2 Å². The third kappa shape index (κ3) is 1.59. The second kappa shape index (κ2) is 4.35. The number of H-pyrrole nitrogens is 1. The molecule has 116 valence electrons. The highest BCUT2D eigenvalue weighted by Gasteiger charge is 2.36. The molecule has 0 bridgehead atoms. The molecule has 8 nitrogen and oxygen atoms in total. The van der Waals surface area contributed by atoms with Crippen LogP contribution in [0.3, 0.4) is 0 Å². The zero-order valence-electron chi connectivity index (χ0n) is 11.2. The number of hydrogen-bond donors (Lipinski definition) is 5. The molecule has 2 aliphatic rings. The van der Waals surface area contributed by atoms with Crippen molar-refractivity contribution in [2.24, 2.45) is 0 Å². The minimum atomic E-state index is -1.41. The smallest absolute Gasteiger partial charge is 0.260 e. The zero-order valence-corrected chi connectivity index (χ0v) is 11.2. The molecule has 0 amide bonds. The molecule has 1 aromatic heterocycles. The molecule has 8 heteroatoms. The van der Waals surface area contributed by atoms with Gasteiger partial charge in [0.05, 0.1) is 17.2 Å². The van der Waals surface area contributed by atoms with Gasteiger partial charge in [0, 0.05) is 11.8 Å². The van der Waals surface area contributed by atoms with Crippen LogP contribution in [0.25, 0.3) is 10.8 Å². The number of nitrogens with one attached hydrogen (secondary N) is 1. The number of ether oxygens (including phenoxy) is 2. The van der Waals surface area contributed by atoms with E-state index >= 15 is 0 Å². The Morgan fingerprint density at radius 3 is 2.77 bits per heavy atom. The van der Waals surface area contributed by atoms with E-state index in [2.05, 4.69) is 4.98 Å². The van der Waals surface area contributed by atoms with E-state index in [0.717, 1.165) is 0 Å². The van der Waals surface area contributed by atoms with Crippen LogP contribution in [0.2, 0.25) is 0 Å². The summed E-state index contributed by atoms with van der Waals surface area (Å²) < 4.78 is 10.4. The van der Waals surface area contributed by atoms with Crippen molar-refractivity contribution in [1.29, 1.82) is 0 Å². The largest absolute Gasteiger partial charge is 0.504 e. The van der Waals surface area contributed by atoms with E-state index in [0.29, 0.717) is 10.9 Å². The van der Waals surface area contributed by atoms with Gasteiger partial charge in [-0.2, -0.15) is 0 Å². The van der Waals surface area contributed by atoms with Crippen molar-refractivity contribution in [2.75, 3.05) is 6.79 Å². The molecule has 0 saturated heterocycles. The first-order valence-corrected chi connectivity index (χ1v) is 6.73. The molecule has 22 heavy (non-hydrogen) atoms. The highest BCUT2D eigenvalue weighted by Crippen LogP contribution is 2.46. The van der Waals surface area contributed by atoms with Gasteiger partial charge >= 0.3 is 0 Å². The molecule has 1 aliphatic carbocycles. The average molecular weight is 307 g/mol. The average Bonchev–Trinajstić information content (AvgIpc) is 2.95. The lowest BCUT2D eigenvalue weighted by Gasteiger charge is -2.31. The van der Waals surface area contributed by atoms with Crippen LogP contribution in [-0.4, -0.2) is 44.4 Å². The SMILES string of the molecule is O=c1[nH]c2c(c3cc4c(c(O)c13)OCO4)C[C@H](O)[C@@H](O)[C@H]2O. The molecule has 3 atom stereocenters. The van der Waals surface area contributed by atoms with E-state index in [1.54, 1.807) is 0 Å². The molecule has 0 radical (unpaired) electrons. The van der Waals surface area contributed by atoms with Crippen molar-refractivity contribution in [3.05, 3.63) is 27.7 Å². The third-order valence-electron chi connectivity index (χ3n) is 4.19. The summed E-state index contributed by atoms with van der Waals surface area (Å²) in [5.41, 5.74) is -0.0331. The van der Waals surface area contributed by atoms with Gasteiger partial charge in [0.25, 0.3) is 5.56 Å². The Balaban J connectivity index is 2.10. The Labute approximate surface area is 123 Å². The van der Waals surface area contributed by atoms with Gasteiger partial charge in [-0.25, -0.2) is 0 Å². The van der Waals surface area contributed by atoms with Crippen molar-refractivity contribution < 1.29 is 29.9 Å². The summed E-state index contributed by atoms with van der Waals surface area (Å²) in [6, 6.07) is 1.53. The Kier molecular flexibility index (Phi) is 2.65. The van der Waals surface area contributed by atoms with Gasteiger partial charge in [0.1, 0.15) is 12.2 Å². The van der Waals surface area contributed by atoms with Crippen molar-refractivity contribution in [1.82, 2.24) is 4.98 Å². The van der Waals surface area contributed by atoms with Gasteiger partial charge in [-0.3, -0.25) is 4.79 Å². The topological polar surface area (TPSA) is 132 Å². The molecule has 4 rings (SSSR count). The predicted octanol–water partition coefficient (Wildman–Crippen LogP) is -0.726. The van der Waals surface area contributed by atoms with Gasteiger partial charge < -0.3 is 34.9 Å². The Morgan fingerprint density at radius 1 is 1.23 bits per heavy atom. The lowest BCUT2D eigenvalue weighted by Crippen LogP contribution is -2.40. The first-order valence-electron chi connectivity index (χ1n) is 6.73. The molecule has 0 fully saturated rings. The number of fused-ring (bicyclic) bond motifs is 4. The number of rotatable bonds is 0. The molecular weight excluding hydrogens is 294 g/mol. The predicted molar refractivity (Wildman–Crippen MR) is 73.0 cm³/mol. The number of aliphatic hydroxyl groups is 3. The summed E-state index contributed by atoms with van der Waals surface area (Å²) in [7, 11) is 0. The highest BCUT2D eigenvalue weighted by atomic mass is 16.7. The number of phenolic OH excluding ortho intramolecular Hbond substituents is 1. The van der Waals surface area contributed by atoms with E-state index in [-0.39, 0.29) is 41.5 Å². The van der Waals surface area contributed by atoms with E-state index in [9.17, 15) is 25.2 Å². The Bertz CT molecular complexity index is 843. The number of aromatic nitrogens is 1. The molecule has 1 aliphatic heterocycles. The maximum atomic E-state index is 12.2. The van der Waals surface area contributed by atoms with Crippen LogP contribution < -0.4 is 15.0 Å². The second-order valence-electron chi connectivity index (χ2n) is 5.43. The number of pyridine rings is 1. The Hall–Kier alpha value is -2.29. The number of aromatic hydroxyl groups is 1. The van der Waals surface area contributed by atoms with Gasteiger partial charge in [-0.1, -0.05) is 0 Å². The number of benzene rings is 1. The first kappa shape index (κ1) is 13.4. The molecule has 0 spiro atoms. The number of phenols is 1. The quantitative estimate of drug-likeness (QED) is 0.433. The van der Waals surface area contributed by atoms with Crippen molar-refractivity contribution in [3.8, 4) is 17.2 Å². The van der Waals surface area contributed by atoms with Crippen LogP contribution in [-0.2, 0) is 6.42 Å². The molecule has 5 N–H and O–H groups in total. The fourth-order valence-electron chi connectivity index (χ4n) is 3.08. The number of aromatic amines is 1. The van der Waals surface area contributed by atoms with E-state index in [4.69, 9.17) is 9.47 Å².